The number of amides is 1. The van der Waals surface area contributed by atoms with Gasteiger partial charge in [-0.2, -0.15) is 10.2 Å². The molecule has 0 bridgehead atoms. The van der Waals surface area contributed by atoms with E-state index in [1.165, 1.54) is 11.3 Å². The Hall–Kier alpha value is -2.87. The number of carbonyl (C=O) groups excluding carboxylic acids is 1. The van der Waals surface area contributed by atoms with Crippen LogP contribution in [0.2, 0.25) is 0 Å². The standard InChI is InChI=1S/C18H20N6OS/c1-10(2)14-8-9-15(22-21-14)12-4-6-13(7-5-12)16(25)20-11(3)17-23-24-18(19)26-17/h4-11H,1-3H3,(H2,19,24)(H,20,25). The minimum atomic E-state index is -0.258. The molecule has 134 valence electrons. The molecule has 0 spiro atoms. The summed E-state index contributed by atoms with van der Waals surface area (Å²) in [6.07, 6.45) is 0. The van der Waals surface area contributed by atoms with Crippen LogP contribution in [0.15, 0.2) is 36.4 Å². The smallest absolute Gasteiger partial charge is 0.251 e. The van der Waals surface area contributed by atoms with Crippen LogP contribution in [0.25, 0.3) is 11.3 Å². The summed E-state index contributed by atoms with van der Waals surface area (Å²) in [4.78, 5) is 12.4. The molecule has 3 N–H and O–H groups in total. The van der Waals surface area contributed by atoms with Gasteiger partial charge in [0.1, 0.15) is 5.01 Å². The van der Waals surface area contributed by atoms with Crippen LogP contribution in [0.5, 0.6) is 0 Å². The van der Waals surface area contributed by atoms with Crippen molar-refractivity contribution in [3.05, 3.63) is 52.7 Å². The van der Waals surface area contributed by atoms with Gasteiger partial charge in [-0.05, 0) is 37.1 Å². The number of nitrogens with one attached hydrogen (secondary N) is 1. The van der Waals surface area contributed by atoms with Gasteiger partial charge >= 0.3 is 0 Å². The lowest BCUT2D eigenvalue weighted by Crippen LogP contribution is -2.26. The van der Waals surface area contributed by atoms with Gasteiger partial charge < -0.3 is 11.1 Å². The number of nitrogen functional groups attached to an aromatic ring is 1. The fourth-order valence-electron chi connectivity index (χ4n) is 2.36. The first-order valence-electron chi connectivity index (χ1n) is 8.28. The van der Waals surface area contributed by atoms with Crippen molar-refractivity contribution >= 4 is 22.4 Å². The first-order valence-corrected chi connectivity index (χ1v) is 9.09. The molecule has 0 saturated heterocycles. The molecule has 1 atom stereocenters. The number of nitrogens with zero attached hydrogens (tertiary/aromatic N) is 4. The van der Waals surface area contributed by atoms with Crippen molar-refractivity contribution in [3.8, 4) is 11.3 Å². The van der Waals surface area contributed by atoms with Crippen LogP contribution < -0.4 is 11.1 Å². The third-order valence-corrected chi connectivity index (χ3v) is 4.83. The van der Waals surface area contributed by atoms with E-state index in [0.717, 1.165) is 17.0 Å². The van der Waals surface area contributed by atoms with E-state index in [9.17, 15) is 4.79 Å². The van der Waals surface area contributed by atoms with E-state index in [-0.39, 0.29) is 11.9 Å². The molecule has 26 heavy (non-hydrogen) atoms. The Morgan fingerprint density at radius 3 is 2.27 bits per heavy atom. The summed E-state index contributed by atoms with van der Waals surface area (Å²) in [5.74, 6) is 0.159. The number of benzene rings is 1. The first kappa shape index (κ1) is 17.9. The zero-order chi connectivity index (χ0) is 18.7. The van der Waals surface area contributed by atoms with Crippen LogP contribution in [0.3, 0.4) is 0 Å². The van der Waals surface area contributed by atoms with Gasteiger partial charge in [0.25, 0.3) is 5.91 Å². The Labute approximate surface area is 155 Å². The maximum Gasteiger partial charge on any atom is 0.251 e. The highest BCUT2D eigenvalue weighted by Crippen LogP contribution is 2.21. The van der Waals surface area contributed by atoms with E-state index in [1.807, 2.05) is 31.2 Å². The molecule has 1 amide bonds. The van der Waals surface area contributed by atoms with E-state index in [4.69, 9.17) is 5.73 Å². The lowest BCUT2D eigenvalue weighted by Gasteiger charge is -2.11. The van der Waals surface area contributed by atoms with Crippen molar-refractivity contribution in [2.24, 2.45) is 0 Å². The Kier molecular flexibility index (Phi) is 5.22. The minimum absolute atomic E-state index is 0.181. The fraction of sp³-hybridized carbons (Fsp3) is 0.278. The summed E-state index contributed by atoms with van der Waals surface area (Å²) in [5.41, 5.74) is 8.78. The number of carbonyl (C=O) groups is 1. The highest BCUT2D eigenvalue weighted by molar-refractivity contribution is 7.15. The van der Waals surface area contributed by atoms with E-state index < -0.39 is 0 Å². The van der Waals surface area contributed by atoms with Gasteiger partial charge in [0, 0.05) is 11.1 Å². The molecule has 0 saturated carbocycles. The van der Waals surface area contributed by atoms with Crippen molar-refractivity contribution in [1.29, 1.82) is 0 Å². The van der Waals surface area contributed by atoms with E-state index in [1.54, 1.807) is 12.1 Å². The zero-order valence-corrected chi connectivity index (χ0v) is 15.6. The van der Waals surface area contributed by atoms with E-state index >= 15 is 0 Å². The van der Waals surface area contributed by atoms with E-state index in [0.29, 0.717) is 21.6 Å². The van der Waals surface area contributed by atoms with Crippen LogP contribution in [0.4, 0.5) is 5.13 Å². The SMILES string of the molecule is CC(C)c1ccc(-c2ccc(C(=O)NC(C)c3nnc(N)s3)cc2)nn1. The molecule has 8 heteroatoms. The van der Waals surface area contributed by atoms with Gasteiger partial charge in [0.05, 0.1) is 17.4 Å². The van der Waals surface area contributed by atoms with Gasteiger partial charge in [0.2, 0.25) is 5.13 Å². The van der Waals surface area contributed by atoms with Crippen molar-refractivity contribution in [2.75, 3.05) is 5.73 Å². The highest BCUT2D eigenvalue weighted by atomic mass is 32.1. The molecule has 0 radical (unpaired) electrons. The first-order chi connectivity index (χ1) is 12.4. The van der Waals surface area contributed by atoms with Gasteiger partial charge in [-0.3, -0.25) is 4.79 Å². The molecule has 2 aromatic heterocycles. The predicted molar refractivity (Wildman–Crippen MR) is 102 cm³/mol. The molecular formula is C18H20N6OS. The van der Waals surface area contributed by atoms with Crippen LogP contribution in [-0.2, 0) is 0 Å². The average molecular weight is 368 g/mol. The third-order valence-electron chi connectivity index (χ3n) is 3.89. The predicted octanol–water partition coefficient (Wildman–Crippen LogP) is 3.19. The molecule has 0 aliphatic rings. The average Bonchev–Trinajstić information content (AvgIpc) is 3.08. The van der Waals surface area contributed by atoms with Gasteiger partial charge in [-0.25, -0.2) is 0 Å². The molecule has 3 aromatic rings. The lowest BCUT2D eigenvalue weighted by molar-refractivity contribution is 0.0939. The van der Waals surface area contributed by atoms with Crippen LogP contribution in [0, 0.1) is 0 Å². The number of hydrogen-bond donors (Lipinski definition) is 2. The molecule has 0 fully saturated rings. The van der Waals surface area contributed by atoms with Crippen molar-refractivity contribution < 1.29 is 4.79 Å². The zero-order valence-electron chi connectivity index (χ0n) is 14.8. The molecule has 0 aliphatic carbocycles. The quantitative estimate of drug-likeness (QED) is 0.716. The van der Waals surface area contributed by atoms with Crippen LogP contribution >= 0.6 is 11.3 Å². The maximum atomic E-state index is 12.4. The van der Waals surface area contributed by atoms with Gasteiger partial charge in [-0.1, -0.05) is 37.3 Å². The topological polar surface area (TPSA) is 107 Å². The summed E-state index contributed by atoms with van der Waals surface area (Å²) < 4.78 is 0. The van der Waals surface area contributed by atoms with Crippen molar-refractivity contribution in [2.45, 2.75) is 32.7 Å². The number of hydrogen-bond acceptors (Lipinski definition) is 7. The highest BCUT2D eigenvalue weighted by Gasteiger charge is 2.15. The third kappa shape index (κ3) is 4.02. The number of aromatic nitrogens is 4. The van der Waals surface area contributed by atoms with E-state index in [2.05, 4.69) is 39.6 Å². The number of nitrogens with two attached hydrogens (primary N) is 1. The Balaban J connectivity index is 1.69. The lowest BCUT2D eigenvalue weighted by atomic mass is 10.1. The summed E-state index contributed by atoms with van der Waals surface area (Å²) in [6, 6.07) is 10.9. The summed E-state index contributed by atoms with van der Waals surface area (Å²) in [6.45, 7) is 6.00. The Morgan fingerprint density at radius 2 is 1.73 bits per heavy atom. The largest absolute Gasteiger partial charge is 0.374 e. The summed E-state index contributed by atoms with van der Waals surface area (Å²) >= 11 is 1.26. The molecule has 3 rings (SSSR count). The van der Waals surface area contributed by atoms with Crippen LogP contribution in [-0.4, -0.2) is 26.3 Å². The monoisotopic (exact) mass is 368 g/mol. The maximum absolute atomic E-state index is 12.4. The fourth-order valence-corrected chi connectivity index (χ4v) is 2.97. The van der Waals surface area contributed by atoms with Crippen LogP contribution in [0.1, 0.15) is 53.8 Å². The van der Waals surface area contributed by atoms with Crippen molar-refractivity contribution in [3.63, 3.8) is 0 Å². The Morgan fingerprint density at radius 1 is 1.00 bits per heavy atom. The molecule has 7 nitrogen and oxygen atoms in total. The molecule has 1 unspecified atom stereocenters. The molecule has 2 heterocycles. The normalized spacial score (nSPS) is 12.2. The van der Waals surface area contributed by atoms with Crippen molar-refractivity contribution in [1.82, 2.24) is 25.7 Å². The number of rotatable bonds is 5. The second kappa shape index (κ2) is 7.57. The second-order valence-corrected chi connectivity index (χ2v) is 7.29. The molecule has 1 aromatic carbocycles. The Bertz CT molecular complexity index is 889. The molecular weight excluding hydrogens is 348 g/mol. The number of anilines is 1. The summed E-state index contributed by atoms with van der Waals surface area (Å²) in [7, 11) is 0. The van der Waals surface area contributed by atoms with Gasteiger partial charge in [0.15, 0.2) is 0 Å². The molecule has 0 aliphatic heterocycles. The van der Waals surface area contributed by atoms with Gasteiger partial charge in [-0.15, -0.1) is 10.2 Å². The minimum Gasteiger partial charge on any atom is -0.374 e. The summed E-state index contributed by atoms with van der Waals surface area (Å²) in [5, 5.41) is 20.2. The second-order valence-electron chi connectivity index (χ2n) is 6.25.